The molecule has 0 amide bonds. The fraction of sp³-hybridized carbons (Fsp3) is 0.444. The SMILES string of the molecule is CCCCCCCCOc1ccc(OC(=O)c2ccc(OC(=O)c3ccc(OC(C)CCCCCC)cc3)cc2)cc1. The molecule has 226 valence electrons. The van der Waals surface area contributed by atoms with E-state index in [0.717, 1.165) is 30.8 Å². The maximum Gasteiger partial charge on any atom is 0.343 e. The summed E-state index contributed by atoms with van der Waals surface area (Å²) in [4.78, 5) is 25.2. The van der Waals surface area contributed by atoms with Gasteiger partial charge in [0.15, 0.2) is 0 Å². The molecule has 0 saturated heterocycles. The Labute approximate surface area is 251 Å². The number of carbonyl (C=O) groups is 2. The summed E-state index contributed by atoms with van der Waals surface area (Å²) >= 11 is 0. The summed E-state index contributed by atoms with van der Waals surface area (Å²) in [5.41, 5.74) is 0.768. The van der Waals surface area contributed by atoms with E-state index in [2.05, 4.69) is 20.8 Å². The Kier molecular flexibility index (Phi) is 14.5. The lowest BCUT2D eigenvalue weighted by Crippen LogP contribution is -2.12. The highest BCUT2D eigenvalue weighted by atomic mass is 16.5. The van der Waals surface area contributed by atoms with Gasteiger partial charge in [0.25, 0.3) is 0 Å². The van der Waals surface area contributed by atoms with Gasteiger partial charge in [0.1, 0.15) is 23.0 Å². The minimum atomic E-state index is -0.496. The van der Waals surface area contributed by atoms with Crippen molar-refractivity contribution in [3.8, 4) is 23.0 Å². The maximum absolute atomic E-state index is 12.6. The summed E-state index contributed by atoms with van der Waals surface area (Å²) in [6.45, 7) is 7.17. The van der Waals surface area contributed by atoms with E-state index < -0.39 is 11.9 Å². The molecule has 1 unspecified atom stereocenters. The highest BCUT2D eigenvalue weighted by Gasteiger charge is 2.13. The first-order valence-electron chi connectivity index (χ1n) is 15.5. The largest absolute Gasteiger partial charge is 0.494 e. The molecular formula is C36H46O6. The summed E-state index contributed by atoms with van der Waals surface area (Å²) in [6.07, 6.45) is 13.3. The van der Waals surface area contributed by atoms with Gasteiger partial charge in [-0.1, -0.05) is 65.2 Å². The second-order valence-corrected chi connectivity index (χ2v) is 10.7. The smallest absolute Gasteiger partial charge is 0.343 e. The van der Waals surface area contributed by atoms with Gasteiger partial charge < -0.3 is 18.9 Å². The van der Waals surface area contributed by atoms with Gasteiger partial charge in [-0.15, -0.1) is 0 Å². The molecule has 3 rings (SSSR count). The monoisotopic (exact) mass is 574 g/mol. The predicted molar refractivity (Wildman–Crippen MR) is 167 cm³/mol. The van der Waals surface area contributed by atoms with Crippen LogP contribution < -0.4 is 18.9 Å². The first-order chi connectivity index (χ1) is 20.5. The molecule has 0 saturated carbocycles. The van der Waals surface area contributed by atoms with Crippen molar-refractivity contribution in [1.82, 2.24) is 0 Å². The van der Waals surface area contributed by atoms with Crippen LogP contribution in [0.25, 0.3) is 0 Å². The van der Waals surface area contributed by atoms with Crippen molar-refractivity contribution in [2.45, 2.75) is 97.5 Å². The number of ether oxygens (including phenoxy) is 4. The van der Waals surface area contributed by atoms with E-state index >= 15 is 0 Å². The number of benzene rings is 3. The van der Waals surface area contributed by atoms with Crippen molar-refractivity contribution in [2.24, 2.45) is 0 Å². The van der Waals surface area contributed by atoms with Crippen LogP contribution in [0.1, 0.15) is 112 Å². The van der Waals surface area contributed by atoms with Crippen LogP contribution in [0.15, 0.2) is 72.8 Å². The number of hydrogen-bond donors (Lipinski definition) is 0. The van der Waals surface area contributed by atoms with Gasteiger partial charge in [0, 0.05) is 0 Å². The predicted octanol–water partition coefficient (Wildman–Crippen LogP) is 9.60. The summed E-state index contributed by atoms with van der Waals surface area (Å²) in [5, 5.41) is 0. The second-order valence-electron chi connectivity index (χ2n) is 10.7. The van der Waals surface area contributed by atoms with Crippen LogP contribution in [0.3, 0.4) is 0 Å². The van der Waals surface area contributed by atoms with E-state index in [1.807, 2.05) is 0 Å². The molecule has 0 fully saturated rings. The summed E-state index contributed by atoms with van der Waals surface area (Å²) in [7, 11) is 0. The Hall–Kier alpha value is -3.80. The number of unbranched alkanes of at least 4 members (excludes halogenated alkanes) is 8. The van der Waals surface area contributed by atoms with Crippen LogP contribution in [-0.4, -0.2) is 24.6 Å². The molecule has 0 aliphatic rings. The van der Waals surface area contributed by atoms with Crippen molar-refractivity contribution in [2.75, 3.05) is 6.61 Å². The Morgan fingerprint density at radius 2 is 0.976 bits per heavy atom. The summed E-state index contributed by atoms with van der Waals surface area (Å²) < 4.78 is 22.7. The van der Waals surface area contributed by atoms with Gasteiger partial charge >= 0.3 is 11.9 Å². The van der Waals surface area contributed by atoms with Crippen molar-refractivity contribution < 1.29 is 28.5 Å². The first kappa shape index (κ1) is 32.7. The lowest BCUT2D eigenvalue weighted by Gasteiger charge is -2.14. The quantitative estimate of drug-likeness (QED) is 0.0806. The Balaban J connectivity index is 1.41. The molecule has 0 heterocycles. The molecule has 0 aliphatic heterocycles. The zero-order valence-electron chi connectivity index (χ0n) is 25.4. The Bertz CT molecular complexity index is 1190. The lowest BCUT2D eigenvalue weighted by atomic mass is 10.1. The van der Waals surface area contributed by atoms with Crippen molar-refractivity contribution >= 4 is 11.9 Å². The van der Waals surface area contributed by atoms with E-state index in [4.69, 9.17) is 18.9 Å². The number of hydrogen-bond acceptors (Lipinski definition) is 6. The molecule has 0 spiro atoms. The molecule has 42 heavy (non-hydrogen) atoms. The summed E-state index contributed by atoms with van der Waals surface area (Å²) in [5.74, 6) is 1.27. The Morgan fingerprint density at radius 3 is 1.52 bits per heavy atom. The minimum absolute atomic E-state index is 0.123. The average molecular weight is 575 g/mol. The molecule has 6 heteroatoms. The first-order valence-corrected chi connectivity index (χ1v) is 15.5. The highest BCUT2D eigenvalue weighted by Crippen LogP contribution is 2.22. The number of esters is 2. The van der Waals surface area contributed by atoms with E-state index in [1.54, 1.807) is 72.8 Å². The average Bonchev–Trinajstić information content (AvgIpc) is 3.00. The molecular weight excluding hydrogens is 528 g/mol. The summed E-state index contributed by atoms with van der Waals surface area (Å²) in [6, 6.07) is 20.3. The van der Waals surface area contributed by atoms with Gasteiger partial charge in [0.05, 0.1) is 23.8 Å². The minimum Gasteiger partial charge on any atom is -0.494 e. The highest BCUT2D eigenvalue weighted by molar-refractivity contribution is 5.92. The van der Waals surface area contributed by atoms with Gasteiger partial charge in [-0.25, -0.2) is 9.59 Å². The van der Waals surface area contributed by atoms with Crippen LogP contribution in [0, 0.1) is 0 Å². The third-order valence-corrected chi connectivity index (χ3v) is 6.99. The van der Waals surface area contributed by atoms with Crippen molar-refractivity contribution in [3.05, 3.63) is 83.9 Å². The van der Waals surface area contributed by atoms with Gasteiger partial charge in [-0.3, -0.25) is 0 Å². The molecule has 6 nitrogen and oxygen atoms in total. The lowest BCUT2D eigenvalue weighted by molar-refractivity contribution is 0.0730. The third-order valence-electron chi connectivity index (χ3n) is 6.99. The fourth-order valence-electron chi connectivity index (χ4n) is 4.49. The van der Waals surface area contributed by atoms with Crippen molar-refractivity contribution in [3.63, 3.8) is 0 Å². The van der Waals surface area contributed by atoms with E-state index in [-0.39, 0.29) is 6.10 Å². The van der Waals surface area contributed by atoms with Crippen LogP contribution in [0.5, 0.6) is 23.0 Å². The molecule has 3 aromatic rings. The van der Waals surface area contributed by atoms with E-state index in [1.165, 1.54) is 51.4 Å². The van der Waals surface area contributed by atoms with Gasteiger partial charge in [0.2, 0.25) is 0 Å². The van der Waals surface area contributed by atoms with E-state index in [9.17, 15) is 9.59 Å². The zero-order valence-corrected chi connectivity index (χ0v) is 25.4. The van der Waals surface area contributed by atoms with E-state index in [0.29, 0.717) is 29.2 Å². The van der Waals surface area contributed by atoms with Crippen molar-refractivity contribution in [1.29, 1.82) is 0 Å². The van der Waals surface area contributed by atoms with Crippen LogP contribution in [-0.2, 0) is 0 Å². The van der Waals surface area contributed by atoms with Crippen LogP contribution in [0.4, 0.5) is 0 Å². The Morgan fingerprint density at radius 1 is 0.548 bits per heavy atom. The van der Waals surface area contributed by atoms with Gasteiger partial charge in [-0.05, 0) is 99.0 Å². The second kappa shape index (κ2) is 18.6. The molecule has 0 aliphatic carbocycles. The normalized spacial score (nSPS) is 11.5. The molecule has 3 aromatic carbocycles. The molecule has 0 N–H and O–H groups in total. The third kappa shape index (κ3) is 12.0. The molecule has 0 bridgehead atoms. The molecule has 0 aromatic heterocycles. The standard InChI is InChI=1S/C36H46O6/c1-4-6-8-10-11-13-27-39-31-23-25-34(26-24-31)42-36(38)30-17-21-33(22-18-30)41-35(37)29-15-19-32(20-16-29)40-28(3)14-12-9-7-5-2/h15-26,28H,4-14,27H2,1-3H3. The number of rotatable bonds is 19. The van der Waals surface area contributed by atoms with Crippen LogP contribution >= 0.6 is 0 Å². The topological polar surface area (TPSA) is 71.1 Å². The fourth-order valence-corrected chi connectivity index (χ4v) is 4.49. The molecule has 1 atom stereocenters. The zero-order chi connectivity index (χ0) is 30.0. The maximum atomic E-state index is 12.6. The molecule has 0 radical (unpaired) electrons. The van der Waals surface area contributed by atoms with Gasteiger partial charge in [-0.2, -0.15) is 0 Å². The van der Waals surface area contributed by atoms with Crippen LogP contribution in [0.2, 0.25) is 0 Å². The number of carbonyl (C=O) groups excluding carboxylic acids is 2.